The van der Waals surface area contributed by atoms with Crippen LogP contribution in [0.4, 0.5) is 0 Å². The van der Waals surface area contributed by atoms with Crippen molar-refractivity contribution in [1.29, 1.82) is 0 Å². The van der Waals surface area contributed by atoms with Crippen LogP contribution in [0.3, 0.4) is 0 Å². The average Bonchev–Trinajstić information content (AvgIpc) is 3.42. The van der Waals surface area contributed by atoms with Crippen molar-refractivity contribution >= 4 is 29.2 Å². The number of benzene rings is 1. The predicted octanol–water partition coefficient (Wildman–Crippen LogP) is 5.96. The van der Waals surface area contributed by atoms with Crippen molar-refractivity contribution in [1.82, 2.24) is 8.75 Å². The van der Waals surface area contributed by atoms with Crippen LogP contribution in [0, 0.1) is 5.92 Å². The fraction of sp³-hybridized carbons (Fsp3) is 0.600. The molecule has 2 heterocycles. The first kappa shape index (κ1) is 29.2. The van der Waals surface area contributed by atoms with Gasteiger partial charge in [-0.05, 0) is 25.3 Å². The van der Waals surface area contributed by atoms with Gasteiger partial charge >= 0.3 is 11.9 Å². The Kier molecular flexibility index (Phi) is 10.9. The second-order valence-corrected chi connectivity index (χ2v) is 11.6. The van der Waals surface area contributed by atoms with Gasteiger partial charge in [-0.3, -0.25) is 14.1 Å². The lowest BCUT2D eigenvalue weighted by atomic mass is 9.89. The summed E-state index contributed by atoms with van der Waals surface area (Å²) in [7, 11) is 2.09. The van der Waals surface area contributed by atoms with Gasteiger partial charge in [-0.1, -0.05) is 69.7 Å². The summed E-state index contributed by atoms with van der Waals surface area (Å²) in [5, 5.41) is 0. The molecule has 0 spiro atoms. The number of quaternary nitrogens is 1. The number of likely N-dealkylation sites (N-methyl/N-ethyl adjacent to an activating group) is 1. The number of aromatic nitrogens is 2. The van der Waals surface area contributed by atoms with E-state index in [0.717, 1.165) is 62.8 Å². The fourth-order valence-electron chi connectivity index (χ4n) is 5.27. The number of unbranched alkanes of at least 4 members (excludes halogenated alkanes) is 3. The molecule has 1 atom stereocenters. The Hall–Kier alpha value is -2.78. The number of ether oxygens (including phenoxy) is 3. The topological polar surface area (TPSA) is 87.6 Å². The number of carbonyl (C=O) groups excluding carboxylic acids is 2. The van der Waals surface area contributed by atoms with E-state index in [-0.39, 0.29) is 31.0 Å². The van der Waals surface area contributed by atoms with Crippen LogP contribution < -0.4 is 9.47 Å². The summed E-state index contributed by atoms with van der Waals surface area (Å²) < 4.78 is 26.9. The number of hydrogen-bond acceptors (Lipinski definition) is 8. The Morgan fingerprint density at radius 1 is 1.08 bits per heavy atom. The standard InChI is InChI=1S/C30H42N3O5S/c1-3-4-5-11-19-36-29-28(31-39-32-29)25-16-12-18-33(2,21-25)22-37-27(34)20-24-15-9-10-17-26(24)38-30(35)23-13-7-6-8-14-23/h9-10,15-17,23H,3-8,11-14,18-22H2,1-2H3/q+1. The van der Waals surface area contributed by atoms with Gasteiger partial charge in [-0.15, -0.1) is 4.37 Å². The molecule has 0 radical (unpaired) electrons. The summed E-state index contributed by atoms with van der Waals surface area (Å²) in [6.45, 7) is 4.63. The third kappa shape index (κ3) is 8.60. The number of rotatable bonds is 13. The summed E-state index contributed by atoms with van der Waals surface area (Å²) in [5.41, 5.74) is 2.56. The van der Waals surface area contributed by atoms with E-state index in [1.165, 1.54) is 31.0 Å². The highest BCUT2D eigenvalue weighted by atomic mass is 32.1. The van der Waals surface area contributed by atoms with Gasteiger partial charge in [0.2, 0.25) is 6.73 Å². The molecule has 1 fully saturated rings. The number of carbonyl (C=O) groups is 2. The van der Waals surface area contributed by atoms with Crippen molar-refractivity contribution in [3.8, 4) is 11.6 Å². The van der Waals surface area contributed by atoms with Gasteiger partial charge in [0, 0.05) is 17.6 Å². The minimum atomic E-state index is -0.335. The van der Waals surface area contributed by atoms with Crippen LogP contribution in [0.25, 0.3) is 5.57 Å². The van der Waals surface area contributed by atoms with Crippen molar-refractivity contribution in [3.63, 3.8) is 0 Å². The van der Waals surface area contributed by atoms with E-state index < -0.39 is 0 Å². The van der Waals surface area contributed by atoms with E-state index in [1.54, 1.807) is 6.07 Å². The third-order valence-corrected chi connectivity index (χ3v) is 8.12. The second-order valence-electron chi connectivity index (χ2n) is 11.0. The minimum Gasteiger partial charge on any atom is -0.475 e. The van der Waals surface area contributed by atoms with E-state index in [9.17, 15) is 9.59 Å². The monoisotopic (exact) mass is 556 g/mol. The van der Waals surface area contributed by atoms with Gasteiger partial charge in [0.05, 0.1) is 44.3 Å². The largest absolute Gasteiger partial charge is 0.475 e. The highest BCUT2D eigenvalue weighted by molar-refractivity contribution is 6.99. The highest BCUT2D eigenvalue weighted by Crippen LogP contribution is 2.30. The van der Waals surface area contributed by atoms with Gasteiger partial charge in [0.1, 0.15) is 18.0 Å². The quantitative estimate of drug-likeness (QED) is 0.130. The van der Waals surface area contributed by atoms with Gasteiger partial charge < -0.3 is 14.2 Å². The zero-order valence-corrected chi connectivity index (χ0v) is 24.2. The van der Waals surface area contributed by atoms with Crippen LogP contribution in [0.5, 0.6) is 11.6 Å². The van der Waals surface area contributed by atoms with Gasteiger partial charge in [-0.2, -0.15) is 4.37 Å². The Balaban J connectivity index is 1.29. The Bertz CT molecular complexity index is 1130. The molecule has 8 nitrogen and oxygen atoms in total. The molecule has 4 rings (SSSR count). The van der Waals surface area contributed by atoms with Crippen molar-refractivity contribution in [2.45, 2.75) is 77.6 Å². The van der Waals surface area contributed by atoms with E-state index in [0.29, 0.717) is 34.8 Å². The van der Waals surface area contributed by atoms with Crippen LogP contribution in [-0.4, -0.2) is 58.6 Å². The summed E-state index contributed by atoms with van der Waals surface area (Å²) >= 11 is 1.17. The van der Waals surface area contributed by atoms with Crippen LogP contribution in [-0.2, 0) is 20.7 Å². The number of esters is 2. The molecule has 0 bridgehead atoms. The first-order valence-corrected chi connectivity index (χ1v) is 15.1. The number of hydrogen-bond donors (Lipinski definition) is 0. The summed E-state index contributed by atoms with van der Waals surface area (Å²) in [4.78, 5) is 25.5. The molecule has 1 unspecified atom stereocenters. The van der Waals surface area contributed by atoms with Crippen molar-refractivity contribution in [2.24, 2.45) is 5.92 Å². The van der Waals surface area contributed by atoms with E-state index in [4.69, 9.17) is 14.2 Å². The smallest absolute Gasteiger partial charge is 0.314 e. The molecule has 0 N–H and O–H groups in total. The molecule has 2 aliphatic rings. The van der Waals surface area contributed by atoms with Crippen LogP contribution in [0.2, 0.25) is 0 Å². The maximum absolute atomic E-state index is 12.9. The molecule has 0 amide bonds. The second kappa shape index (κ2) is 14.6. The van der Waals surface area contributed by atoms with Crippen molar-refractivity contribution < 1.29 is 28.3 Å². The Labute approximate surface area is 236 Å². The van der Waals surface area contributed by atoms with Crippen LogP contribution >= 0.6 is 11.7 Å². The minimum absolute atomic E-state index is 0.0514. The van der Waals surface area contributed by atoms with E-state index >= 15 is 0 Å². The first-order valence-electron chi connectivity index (χ1n) is 14.4. The molecule has 1 aromatic heterocycles. The summed E-state index contributed by atoms with van der Waals surface area (Å²) in [6.07, 6.45) is 12.7. The van der Waals surface area contributed by atoms with Gasteiger partial charge in [0.25, 0.3) is 5.88 Å². The molecule has 0 saturated heterocycles. The lowest BCUT2D eigenvalue weighted by molar-refractivity contribution is -0.919. The molecular formula is C30H42N3O5S+. The number of para-hydroxylation sites is 1. The normalized spacial score (nSPS) is 19.8. The lowest BCUT2D eigenvalue weighted by Gasteiger charge is -2.36. The van der Waals surface area contributed by atoms with Crippen molar-refractivity contribution in [2.75, 3.05) is 33.5 Å². The molecule has 1 saturated carbocycles. The maximum atomic E-state index is 12.9. The molecular weight excluding hydrogens is 514 g/mol. The molecule has 1 aliphatic carbocycles. The van der Waals surface area contributed by atoms with Gasteiger partial charge in [-0.25, -0.2) is 0 Å². The summed E-state index contributed by atoms with van der Waals surface area (Å²) in [6, 6.07) is 7.25. The maximum Gasteiger partial charge on any atom is 0.314 e. The molecule has 1 aromatic carbocycles. The zero-order valence-electron chi connectivity index (χ0n) is 23.4. The number of nitrogens with zero attached hydrogens (tertiary/aromatic N) is 3. The van der Waals surface area contributed by atoms with E-state index in [1.807, 2.05) is 18.2 Å². The Morgan fingerprint density at radius 2 is 1.90 bits per heavy atom. The first-order chi connectivity index (χ1) is 19.0. The summed E-state index contributed by atoms with van der Waals surface area (Å²) in [5.74, 6) is 0.476. The highest BCUT2D eigenvalue weighted by Gasteiger charge is 2.31. The SMILES string of the molecule is CCCCCCOc1nsnc1C1=CCC[N+](C)(COC(=O)Cc2ccccc2OC(=O)C2CCCCC2)C1. The predicted molar refractivity (Wildman–Crippen MR) is 151 cm³/mol. The zero-order chi connectivity index (χ0) is 27.5. The molecule has 1 aliphatic heterocycles. The molecule has 9 heteroatoms. The molecule has 2 aromatic rings. The van der Waals surface area contributed by atoms with Crippen molar-refractivity contribution in [3.05, 3.63) is 41.6 Å². The average molecular weight is 557 g/mol. The molecule has 212 valence electrons. The molecule has 39 heavy (non-hydrogen) atoms. The van der Waals surface area contributed by atoms with Gasteiger partial charge in [0.15, 0.2) is 0 Å². The third-order valence-electron chi connectivity index (χ3n) is 7.60. The Morgan fingerprint density at radius 3 is 2.72 bits per heavy atom. The van der Waals surface area contributed by atoms with Crippen LogP contribution in [0.15, 0.2) is 30.3 Å². The fourth-order valence-corrected chi connectivity index (χ4v) is 5.80. The lowest BCUT2D eigenvalue weighted by Crippen LogP contribution is -2.49. The van der Waals surface area contributed by atoms with E-state index in [2.05, 4.69) is 28.8 Å². The van der Waals surface area contributed by atoms with Crippen LogP contribution in [0.1, 0.15) is 82.4 Å².